The molecule has 0 fully saturated rings. The predicted octanol–water partition coefficient (Wildman–Crippen LogP) is 4.89. The number of para-hydroxylation sites is 1. The van der Waals surface area contributed by atoms with E-state index in [1.165, 1.54) is 0 Å². The van der Waals surface area contributed by atoms with E-state index in [1.54, 1.807) is 28.8 Å². The fourth-order valence-corrected chi connectivity index (χ4v) is 2.89. The first-order chi connectivity index (χ1) is 11.1. The molecular weight excluding hydrogens is 331 g/mol. The summed E-state index contributed by atoms with van der Waals surface area (Å²) in [5.74, 6) is 0.599. The van der Waals surface area contributed by atoms with Crippen LogP contribution in [-0.2, 0) is 6.54 Å². The van der Waals surface area contributed by atoms with Crippen LogP contribution in [0.25, 0.3) is 23.1 Å². The van der Waals surface area contributed by atoms with Gasteiger partial charge in [-0.3, -0.25) is 9.36 Å². The van der Waals surface area contributed by atoms with E-state index in [9.17, 15) is 4.79 Å². The zero-order chi connectivity index (χ0) is 16.4. The summed E-state index contributed by atoms with van der Waals surface area (Å²) in [5.41, 5.74) is 1.46. The zero-order valence-electron chi connectivity index (χ0n) is 12.5. The molecule has 0 radical (unpaired) electrons. The Kier molecular flexibility index (Phi) is 4.51. The van der Waals surface area contributed by atoms with E-state index in [-0.39, 0.29) is 5.56 Å². The molecule has 0 saturated heterocycles. The maximum absolute atomic E-state index is 12.5. The van der Waals surface area contributed by atoms with Crippen molar-refractivity contribution in [2.45, 2.75) is 13.5 Å². The van der Waals surface area contributed by atoms with Gasteiger partial charge in [-0.25, -0.2) is 4.98 Å². The first kappa shape index (κ1) is 15.8. The van der Waals surface area contributed by atoms with Crippen molar-refractivity contribution in [2.24, 2.45) is 0 Å². The van der Waals surface area contributed by atoms with Crippen LogP contribution in [0.5, 0.6) is 0 Å². The lowest BCUT2D eigenvalue weighted by molar-refractivity contribution is 0.708. The van der Waals surface area contributed by atoms with E-state index in [4.69, 9.17) is 23.2 Å². The highest BCUT2D eigenvalue weighted by atomic mass is 35.5. The largest absolute Gasteiger partial charge is 0.293 e. The average Bonchev–Trinajstić information content (AvgIpc) is 2.54. The monoisotopic (exact) mass is 344 g/mol. The zero-order valence-corrected chi connectivity index (χ0v) is 14.0. The fourth-order valence-electron chi connectivity index (χ4n) is 2.42. The molecule has 23 heavy (non-hydrogen) atoms. The van der Waals surface area contributed by atoms with Crippen molar-refractivity contribution in [1.29, 1.82) is 0 Å². The SMILES string of the molecule is CCn1c(/C=C/c2ccc(Cl)cc2Cl)nc2ccccc2c1=O. The van der Waals surface area contributed by atoms with Crippen LogP contribution in [0, 0.1) is 0 Å². The van der Waals surface area contributed by atoms with Gasteiger partial charge in [0.1, 0.15) is 5.82 Å². The van der Waals surface area contributed by atoms with E-state index in [2.05, 4.69) is 4.98 Å². The maximum Gasteiger partial charge on any atom is 0.261 e. The highest BCUT2D eigenvalue weighted by Gasteiger charge is 2.07. The summed E-state index contributed by atoms with van der Waals surface area (Å²) in [6, 6.07) is 12.6. The Morgan fingerprint density at radius 3 is 2.65 bits per heavy atom. The number of fused-ring (bicyclic) bond motifs is 1. The Hall–Kier alpha value is -2.10. The number of halogens is 2. The first-order valence-corrected chi connectivity index (χ1v) is 7.98. The molecule has 116 valence electrons. The van der Waals surface area contributed by atoms with Crippen molar-refractivity contribution < 1.29 is 0 Å². The fraction of sp³-hybridized carbons (Fsp3) is 0.111. The third-order valence-electron chi connectivity index (χ3n) is 3.58. The van der Waals surface area contributed by atoms with Crippen LogP contribution in [-0.4, -0.2) is 9.55 Å². The van der Waals surface area contributed by atoms with E-state index in [0.717, 1.165) is 5.56 Å². The van der Waals surface area contributed by atoms with Crippen molar-refractivity contribution in [3.05, 3.63) is 74.3 Å². The van der Waals surface area contributed by atoms with Gasteiger partial charge in [0.2, 0.25) is 0 Å². The minimum Gasteiger partial charge on any atom is -0.293 e. The van der Waals surface area contributed by atoms with Crippen LogP contribution in [0.4, 0.5) is 0 Å². The van der Waals surface area contributed by atoms with Crippen molar-refractivity contribution in [1.82, 2.24) is 9.55 Å². The van der Waals surface area contributed by atoms with Gasteiger partial charge in [-0.15, -0.1) is 0 Å². The number of aromatic nitrogens is 2. The van der Waals surface area contributed by atoms with Gasteiger partial charge in [-0.1, -0.05) is 41.4 Å². The van der Waals surface area contributed by atoms with E-state index >= 15 is 0 Å². The number of nitrogens with zero attached hydrogens (tertiary/aromatic N) is 2. The molecule has 0 unspecified atom stereocenters. The lowest BCUT2D eigenvalue weighted by Crippen LogP contribution is -2.22. The molecule has 5 heteroatoms. The highest BCUT2D eigenvalue weighted by Crippen LogP contribution is 2.22. The molecule has 1 heterocycles. The van der Waals surface area contributed by atoms with Gasteiger partial charge >= 0.3 is 0 Å². The normalized spacial score (nSPS) is 11.4. The molecule has 0 amide bonds. The van der Waals surface area contributed by atoms with Gasteiger partial charge in [0, 0.05) is 16.6 Å². The molecule has 0 bridgehead atoms. The molecule has 2 aromatic carbocycles. The molecule has 3 nitrogen and oxygen atoms in total. The second-order valence-electron chi connectivity index (χ2n) is 5.04. The Morgan fingerprint density at radius 1 is 1.13 bits per heavy atom. The van der Waals surface area contributed by atoms with E-state index in [1.807, 2.05) is 37.3 Å². The molecule has 0 aliphatic rings. The van der Waals surface area contributed by atoms with Gasteiger partial charge in [0.05, 0.1) is 10.9 Å². The second-order valence-corrected chi connectivity index (χ2v) is 5.88. The van der Waals surface area contributed by atoms with E-state index in [0.29, 0.717) is 33.3 Å². The van der Waals surface area contributed by atoms with Crippen molar-refractivity contribution in [2.75, 3.05) is 0 Å². The van der Waals surface area contributed by atoms with Gasteiger partial charge in [-0.05, 0) is 48.9 Å². The minimum absolute atomic E-state index is 0.0417. The molecular formula is C18H14Cl2N2O. The lowest BCUT2D eigenvalue weighted by atomic mass is 10.2. The number of hydrogen-bond acceptors (Lipinski definition) is 2. The predicted molar refractivity (Wildman–Crippen MR) is 97.1 cm³/mol. The number of rotatable bonds is 3. The maximum atomic E-state index is 12.5. The topological polar surface area (TPSA) is 34.9 Å². The molecule has 1 aromatic heterocycles. The summed E-state index contributed by atoms with van der Waals surface area (Å²) in [6.07, 6.45) is 3.63. The molecule has 0 aliphatic heterocycles. The van der Waals surface area contributed by atoms with Crippen LogP contribution < -0.4 is 5.56 Å². The Labute approximate surface area is 143 Å². The van der Waals surface area contributed by atoms with Gasteiger partial charge in [0.25, 0.3) is 5.56 Å². The Morgan fingerprint density at radius 2 is 1.91 bits per heavy atom. The molecule has 0 atom stereocenters. The van der Waals surface area contributed by atoms with Crippen LogP contribution in [0.15, 0.2) is 47.3 Å². The summed E-state index contributed by atoms with van der Waals surface area (Å²) in [7, 11) is 0. The first-order valence-electron chi connectivity index (χ1n) is 7.23. The van der Waals surface area contributed by atoms with Crippen LogP contribution in [0.2, 0.25) is 10.0 Å². The molecule has 0 saturated carbocycles. The van der Waals surface area contributed by atoms with Gasteiger partial charge in [0.15, 0.2) is 0 Å². The molecule has 0 aliphatic carbocycles. The third kappa shape index (κ3) is 3.16. The molecule has 3 aromatic rings. The summed E-state index contributed by atoms with van der Waals surface area (Å²) in [4.78, 5) is 17.1. The Bertz CT molecular complexity index is 961. The quantitative estimate of drug-likeness (QED) is 0.677. The number of benzene rings is 2. The minimum atomic E-state index is -0.0417. The van der Waals surface area contributed by atoms with Crippen molar-refractivity contribution >= 4 is 46.3 Å². The average molecular weight is 345 g/mol. The van der Waals surface area contributed by atoms with Crippen molar-refractivity contribution in [3.63, 3.8) is 0 Å². The Balaban J connectivity index is 2.12. The van der Waals surface area contributed by atoms with Crippen LogP contribution >= 0.6 is 23.2 Å². The molecule has 3 rings (SSSR count). The number of hydrogen-bond donors (Lipinski definition) is 0. The van der Waals surface area contributed by atoms with Gasteiger partial charge in [-0.2, -0.15) is 0 Å². The molecule has 0 spiro atoms. The van der Waals surface area contributed by atoms with Crippen LogP contribution in [0.1, 0.15) is 18.3 Å². The lowest BCUT2D eigenvalue weighted by Gasteiger charge is -2.08. The smallest absolute Gasteiger partial charge is 0.261 e. The highest BCUT2D eigenvalue weighted by molar-refractivity contribution is 6.35. The van der Waals surface area contributed by atoms with Crippen LogP contribution in [0.3, 0.4) is 0 Å². The summed E-state index contributed by atoms with van der Waals surface area (Å²) in [6.45, 7) is 2.47. The van der Waals surface area contributed by atoms with E-state index < -0.39 is 0 Å². The van der Waals surface area contributed by atoms with Gasteiger partial charge < -0.3 is 0 Å². The molecule has 0 N–H and O–H groups in total. The third-order valence-corrected chi connectivity index (χ3v) is 4.14. The summed E-state index contributed by atoms with van der Waals surface area (Å²) >= 11 is 12.1. The standard InChI is InChI=1S/C18H14Cl2N2O/c1-2-22-17(10-8-12-7-9-13(19)11-15(12)20)21-16-6-4-3-5-14(16)18(22)23/h3-11H,2H2,1H3/b10-8+. The summed E-state index contributed by atoms with van der Waals surface area (Å²) in [5, 5.41) is 1.76. The second kappa shape index (κ2) is 6.57. The summed E-state index contributed by atoms with van der Waals surface area (Å²) < 4.78 is 1.64. The van der Waals surface area contributed by atoms with Crippen molar-refractivity contribution in [3.8, 4) is 0 Å².